The third kappa shape index (κ3) is 3.97. The maximum Gasteiger partial charge on any atom is 0.0741 e. The molecule has 1 aliphatic carbocycles. The molecule has 0 bridgehead atoms. The summed E-state index contributed by atoms with van der Waals surface area (Å²) in [6.45, 7) is 6.87. The number of nitrogens with one attached hydrogen (secondary N) is 1. The third-order valence-corrected chi connectivity index (χ3v) is 3.50. The summed E-state index contributed by atoms with van der Waals surface area (Å²) in [5.74, 6) is 0.948. The Morgan fingerprint density at radius 2 is 2.14 bits per heavy atom. The van der Waals surface area contributed by atoms with Crippen LogP contribution in [0.3, 0.4) is 0 Å². The average Bonchev–Trinajstić information content (AvgIpc) is 2.08. The Hall–Kier alpha value is -0.0800. The van der Waals surface area contributed by atoms with Crippen molar-refractivity contribution in [3.8, 4) is 0 Å². The van der Waals surface area contributed by atoms with Crippen LogP contribution < -0.4 is 5.32 Å². The van der Waals surface area contributed by atoms with Crippen LogP contribution in [0.4, 0.5) is 0 Å². The molecule has 0 heterocycles. The molecule has 0 aromatic heterocycles. The molecule has 84 valence electrons. The summed E-state index contributed by atoms with van der Waals surface area (Å²) in [5, 5.41) is 13.2. The van der Waals surface area contributed by atoms with Gasteiger partial charge in [0.2, 0.25) is 0 Å². The molecule has 0 radical (unpaired) electrons. The van der Waals surface area contributed by atoms with Gasteiger partial charge in [-0.1, -0.05) is 26.2 Å². The third-order valence-electron chi connectivity index (χ3n) is 3.50. The first kappa shape index (κ1) is 12.0. The molecule has 1 rings (SSSR count). The summed E-state index contributed by atoms with van der Waals surface area (Å²) in [7, 11) is 0. The van der Waals surface area contributed by atoms with Gasteiger partial charge in [0.15, 0.2) is 0 Å². The van der Waals surface area contributed by atoms with Crippen LogP contribution in [0.2, 0.25) is 0 Å². The molecule has 2 N–H and O–H groups in total. The van der Waals surface area contributed by atoms with Gasteiger partial charge in [0.05, 0.1) is 5.60 Å². The van der Waals surface area contributed by atoms with E-state index in [9.17, 15) is 5.11 Å². The van der Waals surface area contributed by atoms with Gasteiger partial charge >= 0.3 is 0 Å². The van der Waals surface area contributed by atoms with E-state index in [1.807, 2.05) is 13.8 Å². The molecule has 0 aromatic carbocycles. The van der Waals surface area contributed by atoms with E-state index >= 15 is 0 Å². The normalized spacial score (nSPS) is 24.0. The molecule has 0 aromatic rings. The van der Waals surface area contributed by atoms with Crippen molar-refractivity contribution in [1.82, 2.24) is 5.32 Å². The number of aliphatic hydroxyl groups is 1. The van der Waals surface area contributed by atoms with Crippen molar-refractivity contribution < 1.29 is 5.11 Å². The maximum absolute atomic E-state index is 9.81. The fourth-order valence-electron chi connectivity index (χ4n) is 1.83. The van der Waals surface area contributed by atoms with E-state index in [1.165, 1.54) is 25.7 Å². The zero-order chi connectivity index (χ0) is 10.6. The summed E-state index contributed by atoms with van der Waals surface area (Å²) < 4.78 is 0. The van der Waals surface area contributed by atoms with E-state index in [0.29, 0.717) is 6.04 Å². The van der Waals surface area contributed by atoms with Gasteiger partial charge in [-0.25, -0.2) is 0 Å². The first-order valence-electron chi connectivity index (χ1n) is 5.99. The minimum absolute atomic E-state index is 0.534. The Morgan fingerprint density at radius 3 is 2.57 bits per heavy atom. The van der Waals surface area contributed by atoms with Gasteiger partial charge in [-0.15, -0.1) is 0 Å². The first-order valence-corrected chi connectivity index (χ1v) is 5.99. The predicted octanol–water partition coefficient (Wildman–Crippen LogP) is 2.32. The highest BCUT2D eigenvalue weighted by atomic mass is 16.3. The predicted molar refractivity (Wildman–Crippen MR) is 60.3 cm³/mol. The second kappa shape index (κ2) is 5.13. The van der Waals surface area contributed by atoms with E-state index in [-0.39, 0.29) is 0 Å². The number of hydrogen-bond donors (Lipinski definition) is 2. The van der Waals surface area contributed by atoms with E-state index < -0.39 is 5.60 Å². The standard InChI is InChI=1S/C12H25NO/c1-4-12(3,14)9-13-10(2)8-11-6-5-7-11/h10-11,13-14H,4-9H2,1-3H3. The maximum atomic E-state index is 9.81. The number of hydrogen-bond acceptors (Lipinski definition) is 2. The molecule has 2 nitrogen and oxygen atoms in total. The molecule has 14 heavy (non-hydrogen) atoms. The fraction of sp³-hybridized carbons (Fsp3) is 1.00. The summed E-state index contributed by atoms with van der Waals surface area (Å²) in [5.41, 5.74) is -0.534. The fourth-order valence-corrected chi connectivity index (χ4v) is 1.83. The van der Waals surface area contributed by atoms with Crippen LogP contribution in [0.5, 0.6) is 0 Å². The van der Waals surface area contributed by atoms with Crippen molar-refractivity contribution >= 4 is 0 Å². The van der Waals surface area contributed by atoms with Crippen molar-refractivity contribution in [1.29, 1.82) is 0 Å². The molecule has 1 aliphatic rings. The molecule has 1 saturated carbocycles. The van der Waals surface area contributed by atoms with Gasteiger partial charge in [-0.05, 0) is 32.6 Å². The van der Waals surface area contributed by atoms with Crippen LogP contribution in [0.25, 0.3) is 0 Å². The largest absolute Gasteiger partial charge is 0.389 e. The smallest absolute Gasteiger partial charge is 0.0741 e. The Morgan fingerprint density at radius 1 is 1.50 bits per heavy atom. The van der Waals surface area contributed by atoms with Crippen molar-refractivity contribution in [2.75, 3.05) is 6.54 Å². The van der Waals surface area contributed by atoms with Gasteiger partial charge in [0.25, 0.3) is 0 Å². The lowest BCUT2D eigenvalue weighted by Gasteiger charge is -2.30. The highest BCUT2D eigenvalue weighted by molar-refractivity contribution is 4.79. The van der Waals surface area contributed by atoms with Gasteiger partial charge in [-0.3, -0.25) is 0 Å². The molecule has 2 atom stereocenters. The van der Waals surface area contributed by atoms with Crippen LogP contribution >= 0.6 is 0 Å². The highest BCUT2D eigenvalue weighted by Crippen LogP contribution is 2.30. The summed E-state index contributed by atoms with van der Waals surface area (Å²) >= 11 is 0. The summed E-state index contributed by atoms with van der Waals surface area (Å²) in [4.78, 5) is 0. The topological polar surface area (TPSA) is 32.3 Å². The lowest BCUT2D eigenvalue weighted by atomic mass is 9.81. The monoisotopic (exact) mass is 199 g/mol. The van der Waals surface area contributed by atoms with Gasteiger partial charge < -0.3 is 10.4 Å². The zero-order valence-corrected chi connectivity index (χ0v) is 9.84. The molecule has 2 heteroatoms. The second-order valence-electron chi connectivity index (χ2n) is 5.17. The highest BCUT2D eigenvalue weighted by Gasteiger charge is 2.22. The molecule has 1 fully saturated rings. The summed E-state index contributed by atoms with van der Waals surface area (Å²) in [6, 6.07) is 0.554. The van der Waals surface area contributed by atoms with Crippen molar-refractivity contribution in [2.45, 2.75) is 64.5 Å². The molecule has 2 unspecified atom stereocenters. The van der Waals surface area contributed by atoms with Crippen molar-refractivity contribution in [3.05, 3.63) is 0 Å². The lowest BCUT2D eigenvalue weighted by molar-refractivity contribution is 0.0519. The molecule has 0 aliphatic heterocycles. The Balaban J connectivity index is 2.10. The van der Waals surface area contributed by atoms with Crippen molar-refractivity contribution in [2.24, 2.45) is 5.92 Å². The molecule has 0 amide bonds. The minimum atomic E-state index is -0.534. The number of rotatable bonds is 6. The van der Waals surface area contributed by atoms with E-state index in [1.54, 1.807) is 0 Å². The van der Waals surface area contributed by atoms with Crippen LogP contribution in [-0.4, -0.2) is 23.3 Å². The summed E-state index contributed by atoms with van der Waals surface area (Å²) in [6.07, 6.45) is 6.34. The zero-order valence-electron chi connectivity index (χ0n) is 9.84. The van der Waals surface area contributed by atoms with Gasteiger partial charge in [-0.2, -0.15) is 0 Å². The Kier molecular flexibility index (Phi) is 4.39. The van der Waals surface area contributed by atoms with Crippen LogP contribution in [0, 0.1) is 5.92 Å². The quantitative estimate of drug-likeness (QED) is 0.688. The van der Waals surface area contributed by atoms with E-state index in [4.69, 9.17) is 0 Å². The first-order chi connectivity index (χ1) is 6.53. The van der Waals surface area contributed by atoms with Crippen LogP contribution in [0.1, 0.15) is 52.9 Å². The molecular weight excluding hydrogens is 174 g/mol. The van der Waals surface area contributed by atoms with Gasteiger partial charge in [0.1, 0.15) is 0 Å². The average molecular weight is 199 g/mol. The van der Waals surface area contributed by atoms with Gasteiger partial charge in [0, 0.05) is 12.6 Å². The van der Waals surface area contributed by atoms with E-state index in [2.05, 4.69) is 12.2 Å². The van der Waals surface area contributed by atoms with Crippen LogP contribution in [0.15, 0.2) is 0 Å². The SMILES string of the molecule is CCC(C)(O)CNC(C)CC1CCC1. The Labute approximate surface area is 88.1 Å². The lowest BCUT2D eigenvalue weighted by Crippen LogP contribution is -2.42. The Bertz CT molecular complexity index is 164. The molecule has 0 saturated heterocycles. The second-order valence-corrected chi connectivity index (χ2v) is 5.17. The van der Waals surface area contributed by atoms with Crippen LogP contribution in [-0.2, 0) is 0 Å². The minimum Gasteiger partial charge on any atom is -0.389 e. The molecule has 0 spiro atoms. The van der Waals surface area contributed by atoms with Crippen molar-refractivity contribution in [3.63, 3.8) is 0 Å². The van der Waals surface area contributed by atoms with E-state index in [0.717, 1.165) is 18.9 Å². The molecular formula is C12H25NO.